The second-order valence-corrected chi connectivity index (χ2v) is 5.27. The van der Waals surface area contributed by atoms with E-state index in [0.717, 1.165) is 10.6 Å². The monoisotopic (exact) mass is 277 g/mol. The Morgan fingerprint density at radius 3 is 2.89 bits per heavy atom. The van der Waals surface area contributed by atoms with Gasteiger partial charge < -0.3 is 10.5 Å². The van der Waals surface area contributed by atoms with Gasteiger partial charge in [0, 0.05) is 16.6 Å². The van der Waals surface area contributed by atoms with Gasteiger partial charge >= 0.3 is 0 Å². The molecule has 1 aromatic heterocycles. The van der Waals surface area contributed by atoms with Crippen LogP contribution in [0, 0.1) is 13.8 Å². The number of nitrogens with zero attached hydrogens (tertiary/aromatic N) is 1. The molecule has 0 aliphatic rings. The molecule has 0 bridgehead atoms. The van der Waals surface area contributed by atoms with Crippen molar-refractivity contribution in [2.75, 3.05) is 17.7 Å². The van der Waals surface area contributed by atoms with Crippen molar-refractivity contribution in [1.82, 2.24) is 4.98 Å². The molecule has 0 aliphatic heterocycles. The molecule has 19 heavy (non-hydrogen) atoms. The number of rotatable bonds is 4. The van der Waals surface area contributed by atoms with Crippen LogP contribution < -0.4 is 15.8 Å². The van der Waals surface area contributed by atoms with Crippen molar-refractivity contribution in [2.24, 2.45) is 0 Å². The van der Waals surface area contributed by atoms with E-state index in [9.17, 15) is 4.79 Å². The molecule has 0 atom stereocenters. The van der Waals surface area contributed by atoms with Gasteiger partial charge in [0.25, 0.3) is 5.91 Å². The Kier molecular flexibility index (Phi) is 4.01. The normalized spacial score (nSPS) is 10.2. The van der Waals surface area contributed by atoms with Crippen LogP contribution in [-0.2, 0) is 4.79 Å². The second kappa shape index (κ2) is 5.71. The summed E-state index contributed by atoms with van der Waals surface area (Å²) >= 11 is 1.45. The SMILES string of the molecule is Cc1nc(NC(=O)COc2cccc(N)c2)sc1C. The number of thiazole rings is 1. The van der Waals surface area contributed by atoms with Crippen LogP contribution in [0.5, 0.6) is 5.75 Å². The summed E-state index contributed by atoms with van der Waals surface area (Å²) in [5.74, 6) is 0.331. The lowest BCUT2D eigenvalue weighted by Crippen LogP contribution is -2.20. The van der Waals surface area contributed by atoms with Gasteiger partial charge in [-0.3, -0.25) is 10.1 Å². The van der Waals surface area contributed by atoms with Crippen LogP contribution in [-0.4, -0.2) is 17.5 Å². The van der Waals surface area contributed by atoms with Crippen molar-refractivity contribution in [3.63, 3.8) is 0 Å². The molecule has 0 aliphatic carbocycles. The summed E-state index contributed by atoms with van der Waals surface area (Å²) in [5, 5.41) is 3.29. The summed E-state index contributed by atoms with van der Waals surface area (Å²) in [6.45, 7) is 3.80. The first-order chi connectivity index (χ1) is 9.04. The molecule has 2 rings (SSSR count). The number of amides is 1. The van der Waals surface area contributed by atoms with Crippen molar-refractivity contribution >= 4 is 28.1 Å². The van der Waals surface area contributed by atoms with Crippen LogP contribution in [0.4, 0.5) is 10.8 Å². The summed E-state index contributed by atoms with van der Waals surface area (Å²) in [7, 11) is 0. The number of aryl methyl sites for hydroxylation is 2. The highest BCUT2D eigenvalue weighted by Gasteiger charge is 2.08. The molecule has 0 radical (unpaired) electrons. The zero-order chi connectivity index (χ0) is 13.8. The second-order valence-electron chi connectivity index (χ2n) is 4.07. The van der Waals surface area contributed by atoms with Gasteiger partial charge in [0.05, 0.1) is 5.69 Å². The summed E-state index contributed by atoms with van der Waals surface area (Å²) in [6.07, 6.45) is 0. The molecular weight excluding hydrogens is 262 g/mol. The molecule has 0 spiro atoms. The lowest BCUT2D eigenvalue weighted by atomic mass is 10.3. The van der Waals surface area contributed by atoms with Gasteiger partial charge in [-0.05, 0) is 26.0 Å². The highest BCUT2D eigenvalue weighted by Crippen LogP contribution is 2.21. The molecule has 0 unspecified atom stereocenters. The van der Waals surface area contributed by atoms with Crippen LogP contribution in [0.1, 0.15) is 10.6 Å². The Bertz CT molecular complexity index is 576. The fourth-order valence-corrected chi connectivity index (χ4v) is 2.27. The fourth-order valence-electron chi connectivity index (χ4n) is 1.43. The molecule has 100 valence electrons. The van der Waals surface area contributed by atoms with Crippen molar-refractivity contribution in [1.29, 1.82) is 0 Å². The van der Waals surface area contributed by atoms with Gasteiger partial charge in [0.15, 0.2) is 11.7 Å². The number of benzene rings is 1. The van der Waals surface area contributed by atoms with Gasteiger partial charge in [0.1, 0.15) is 5.75 Å². The Balaban J connectivity index is 1.88. The fraction of sp³-hybridized carbons (Fsp3) is 0.231. The average molecular weight is 277 g/mol. The molecule has 2 aromatic rings. The van der Waals surface area contributed by atoms with Crippen LogP contribution in [0.15, 0.2) is 24.3 Å². The van der Waals surface area contributed by atoms with E-state index in [4.69, 9.17) is 10.5 Å². The molecule has 1 aromatic carbocycles. The first kappa shape index (κ1) is 13.4. The molecule has 0 saturated heterocycles. The number of carbonyl (C=O) groups excluding carboxylic acids is 1. The predicted molar refractivity (Wildman–Crippen MR) is 76.6 cm³/mol. The molecular formula is C13H15N3O2S. The topological polar surface area (TPSA) is 77.2 Å². The van der Waals surface area contributed by atoms with E-state index in [1.54, 1.807) is 24.3 Å². The lowest BCUT2D eigenvalue weighted by Gasteiger charge is -2.06. The zero-order valence-corrected chi connectivity index (χ0v) is 11.6. The zero-order valence-electron chi connectivity index (χ0n) is 10.8. The third-order valence-electron chi connectivity index (χ3n) is 2.50. The minimum Gasteiger partial charge on any atom is -0.484 e. The predicted octanol–water partition coefficient (Wildman–Crippen LogP) is 2.36. The first-order valence-electron chi connectivity index (χ1n) is 5.77. The Hall–Kier alpha value is -2.08. The van der Waals surface area contributed by atoms with E-state index in [1.165, 1.54) is 11.3 Å². The average Bonchev–Trinajstić information content (AvgIpc) is 2.66. The number of aromatic nitrogens is 1. The number of hydrogen-bond donors (Lipinski definition) is 2. The first-order valence-corrected chi connectivity index (χ1v) is 6.58. The Labute approximate surface area is 115 Å². The van der Waals surface area contributed by atoms with E-state index in [-0.39, 0.29) is 12.5 Å². The number of nitrogens with one attached hydrogen (secondary N) is 1. The number of ether oxygens (including phenoxy) is 1. The molecule has 3 N–H and O–H groups in total. The molecule has 0 saturated carbocycles. The van der Waals surface area contributed by atoms with Crippen LogP contribution >= 0.6 is 11.3 Å². The largest absolute Gasteiger partial charge is 0.484 e. The summed E-state index contributed by atoms with van der Waals surface area (Å²) in [4.78, 5) is 17.0. The number of carbonyl (C=O) groups is 1. The van der Waals surface area contributed by atoms with E-state index < -0.39 is 0 Å². The number of nitrogens with two attached hydrogens (primary N) is 1. The molecule has 5 nitrogen and oxygen atoms in total. The smallest absolute Gasteiger partial charge is 0.264 e. The van der Waals surface area contributed by atoms with Gasteiger partial charge in [0.2, 0.25) is 0 Å². The van der Waals surface area contributed by atoms with E-state index in [0.29, 0.717) is 16.6 Å². The van der Waals surface area contributed by atoms with Crippen molar-refractivity contribution in [3.8, 4) is 5.75 Å². The molecule has 1 heterocycles. The van der Waals surface area contributed by atoms with Crippen molar-refractivity contribution < 1.29 is 9.53 Å². The van der Waals surface area contributed by atoms with Crippen LogP contribution in [0.3, 0.4) is 0 Å². The van der Waals surface area contributed by atoms with Crippen molar-refractivity contribution in [3.05, 3.63) is 34.8 Å². The van der Waals surface area contributed by atoms with Gasteiger partial charge in [-0.25, -0.2) is 4.98 Å². The van der Waals surface area contributed by atoms with Crippen molar-refractivity contribution in [2.45, 2.75) is 13.8 Å². The third kappa shape index (κ3) is 3.69. The Morgan fingerprint density at radius 2 is 2.26 bits per heavy atom. The molecule has 1 amide bonds. The highest BCUT2D eigenvalue weighted by molar-refractivity contribution is 7.15. The minimum absolute atomic E-state index is 0.0683. The highest BCUT2D eigenvalue weighted by atomic mass is 32.1. The maximum Gasteiger partial charge on any atom is 0.264 e. The van der Waals surface area contributed by atoms with Crippen LogP contribution in [0.25, 0.3) is 0 Å². The summed E-state index contributed by atoms with van der Waals surface area (Å²) in [5.41, 5.74) is 7.15. The quantitative estimate of drug-likeness (QED) is 0.841. The minimum atomic E-state index is -0.240. The standard InChI is InChI=1S/C13H15N3O2S/c1-8-9(2)19-13(15-8)16-12(17)7-18-11-5-3-4-10(14)6-11/h3-6H,7,14H2,1-2H3,(H,15,16,17). The Morgan fingerprint density at radius 1 is 1.47 bits per heavy atom. The number of anilines is 2. The van der Waals surface area contributed by atoms with E-state index in [2.05, 4.69) is 10.3 Å². The third-order valence-corrected chi connectivity index (χ3v) is 3.49. The molecule has 0 fully saturated rings. The van der Waals surface area contributed by atoms with Gasteiger partial charge in [-0.15, -0.1) is 11.3 Å². The van der Waals surface area contributed by atoms with Gasteiger partial charge in [-0.1, -0.05) is 6.07 Å². The van der Waals surface area contributed by atoms with E-state index in [1.807, 2.05) is 13.8 Å². The summed E-state index contributed by atoms with van der Waals surface area (Å²) < 4.78 is 5.34. The molecule has 6 heteroatoms. The maximum atomic E-state index is 11.7. The number of hydrogen-bond acceptors (Lipinski definition) is 5. The van der Waals surface area contributed by atoms with Crippen LogP contribution in [0.2, 0.25) is 0 Å². The van der Waals surface area contributed by atoms with Gasteiger partial charge in [-0.2, -0.15) is 0 Å². The number of nitrogen functional groups attached to an aromatic ring is 1. The summed E-state index contributed by atoms with van der Waals surface area (Å²) in [6, 6.07) is 6.95. The maximum absolute atomic E-state index is 11.7. The van der Waals surface area contributed by atoms with E-state index >= 15 is 0 Å². The lowest BCUT2D eigenvalue weighted by molar-refractivity contribution is -0.118.